The lowest BCUT2D eigenvalue weighted by molar-refractivity contribution is 0.436. The van der Waals surface area contributed by atoms with E-state index in [9.17, 15) is 0 Å². The van der Waals surface area contributed by atoms with Gasteiger partial charge in [-0.15, -0.1) is 0 Å². The largest absolute Gasteiger partial charge is 0.356 e. The van der Waals surface area contributed by atoms with Crippen molar-refractivity contribution < 1.29 is 0 Å². The third-order valence-electron chi connectivity index (χ3n) is 4.33. The van der Waals surface area contributed by atoms with Gasteiger partial charge < -0.3 is 10.2 Å². The Hall–Kier alpha value is -1.81. The molecule has 23 heavy (non-hydrogen) atoms. The number of aromatic nitrogens is 2. The van der Waals surface area contributed by atoms with Gasteiger partial charge in [0.25, 0.3) is 0 Å². The summed E-state index contributed by atoms with van der Waals surface area (Å²) >= 11 is 6.01. The summed E-state index contributed by atoms with van der Waals surface area (Å²) < 4.78 is 0. The summed E-state index contributed by atoms with van der Waals surface area (Å²) in [6.45, 7) is 5.28. The highest BCUT2D eigenvalue weighted by atomic mass is 35.5. The standard InChI is InChI=1S/C18H23ClN4/c1-14-7-11-23(12-8-14)17-6-10-21-18(22-17)20-9-5-15-3-2-4-16(19)13-15/h2-4,6,10,13-14H,5,7-9,11-12H2,1H3,(H,20,21,22). The fourth-order valence-electron chi connectivity index (χ4n) is 2.86. The van der Waals surface area contributed by atoms with Gasteiger partial charge in [-0.05, 0) is 48.9 Å². The smallest absolute Gasteiger partial charge is 0.224 e. The number of hydrogen-bond acceptors (Lipinski definition) is 4. The third-order valence-corrected chi connectivity index (χ3v) is 4.57. The maximum absolute atomic E-state index is 6.01. The average molecular weight is 331 g/mol. The Morgan fingerprint density at radius 2 is 2.09 bits per heavy atom. The fourth-order valence-corrected chi connectivity index (χ4v) is 3.07. The van der Waals surface area contributed by atoms with E-state index in [4.69, 9.17) is 11.6 Å². The van der Waals surface area contributed by atoms with Gasteiger partial charge in [0.15, 0.2) is 0 Å². The van der Waals surface area contributed by atoms with Crippen LogP contribution in [0.25, 0.3) is 0 Å². The SMILES string of the molecule is CC1CCN(c2ccnc(NCCc3cccc(Cl)c3)n2)CC1. The van der Waals surface area contributed by atoms with Gasteiger partial charge in [0.2, 0.25) is 5.95 Å². The molecule has 1 fully saturated rings. The third kappa shape index (κ3) is 4.58. The Labute approximate surface area is 142 Å². The number of nitrogens with zero attached hydrogens (tertiary/aromatic N) is 3. The summed E-state index contributed by atoms with van der Waals surface area (Å²) in [5.41, 5.74) is 1.21. The van der Waals surface area contributed by atoms with Crippen LogP contribution >= 0.6 is 11.6 Å². The molecule has 1 aliphatic heterocycles. The van der Waals surface area contributed by atoms with Crippen molar-refractivity contribution in [3.8, 4) is 0 Å². The molecule has 0 radical (unpaired) electrons. The van der Waals surface area contributed by atoms with Crippen molar-refractivity contribution in [3.63, 3.8) is 0 Å². The zero-order valence-electron chi connectivity index (χ0n) is 13.5. The molecule has 1 aliphatic rings. The maximum Gasteiger partial charge on any atom is 0.224 e. The Morgan fingerprint density at radius 3 is 2.87 bits per heavy atom. The topological polar surface area (TPSA) is 41.1 Å². The van der Waals surface area contributed by atoms with Crippen molar-refractivity contribution in [1.29, 1.82) is 0 Å². The zero-order chi connectivity index (χ0) is 16.1. The number of anilines is 2. The first-order valence-corrected chi connectivity index (χ1v) is 8.65. The molecule has 0 atom stereocenters. The van der Waals surface area contributed by atoms with Crippen LogP contribution in [0, 0.1) is 5.92 Å². The lowest BCUT2D eigenvalue weighted by atomic mass is 9.99. The Kier molecular flexibility index (Phi) is 5.34. The monoisotopic (exact) mass is 330 g/mol. The number of benzene rings is 1. The number of halogens is 1. The second-order valence-corrected chi connectivity index (χ2v) is 6.65. The summed E-state index contributed by atoms with van der Waals surface area (Å²) in [7, 11) is 0. The van der Waals surface area contributed by atoms with E-state index in [0.29, 0.717) is 5.95 Å². The maximum atomic E-state index is 6.01. The number of piperidine rings is 1. The molecule has 0 spiro atoms. The number of nitrogens with one attached hydrogen (secondary N) is 1. The van der Waals surface area contributed by atoms with Crippen molar-refractivity contribution in [3.05, 3.63) is 47.1 Å². The quantitative estimate of drug-likeness (QED) is 0.899. The van der Waals surface area contributed by atoms with E-state index in [1.54, 1.807) is 0 Å². The van der Waals surface area contributed by atoms with Gasteiger partial charge in [0.05, 0.1) is 0 Å². The summed E-state index contributed by atoms with van der Waals surface area (Å²) in [6, 6.07) is 9.95. The van der Waals surface area contributed by atoms with Crippen molar-refractivity contribution in [2.45, 2.75) is 26.2 Å². The van der Waals surface area contributed by atoms with Crippen LogP contribution in [0.5, 0.6) is 0 Å². The molecule has 3 rings (SSSR count). The molecule has 5 heteroatoms. The molecule has 1 aromatic heterocycles. The lowest BCUT2D eigenvalue weighted by Gasteiger charge is -2.31. The Bertz CT molecular complexity index is 638. The number of hydrogen-bond donors (Lipinski definition) is 1. The lowest BCUT2D eigenvalue weighted by Crippen LogP contribution is -2.33. The summed E-state index contributed by atoms with van der Waals surface area (Å²) in [4.78, 5) is 11.3. The van der Waals surface area contributed by atoms with Crippen LogP contribution in [0.3, 0.4) is 0 Å². The highest BCUT2D eigenvalue weighted by molar-refractivity contribution is 6.30. The average Bonchev–Trinajstić information content (AvgIpc) is 2.56. The molecular weight excluding hydrogens is 308 g/mol. The van der Waals surface area contributed by atoms with E-state index in [1.807, 2.05) is 30.5 Å². The molecule has 0 unspecified atom stereocenters. The predicted molar refractivity (Wildman–Crippen MR) is 96.3 cm³/mol. The second kappa shape index (κ2) is 7.64. The van der Waals surface area contributed by atoms with Crippen LogP contribution in [-0.4, -0.2) is 29.6 Å². The van der Waals surface area contributed by atoms with Gasteiger partial charge in [-0.3, -0.25) is 0 Å². The minimum Gasteiger partial charge on any atom is -0.356 e. The van der Waals surface area contributed by atoms with Crippen molar-refractivity contribution >= 4 is 23.4 Å². The molecule has 0 aliphatic carbocycles. The molecule has 4 nitrogen and oxygen atoms in total. The van der Waals surface area contributed by atoms with Crippen molar-refractivity contribution in [2.24, 2.45) is 5.92 Å². The van der Waals surface area contributed by atoms with Gasteiger partial charge in [-0.1, -0.05) is 30.7 Å². The van der Waals surface area contributed by atoms with E-state index in [2.05, 4.69) is 33.2 Å². The van der Waals surface area contributed by atoms with Gasteiger partial charge >= 0.3 is 0 Å². The molecule has 2 heterocycles. The number of rotatable bonds is 5. The van der Waals surface area contributed by atoms with Crippen LogP contribution in [0.1, 0.15) is 25.3 Å². The molecule has 0 bridgehead atoms. The fraction of sp³-hybridized carbons (Fsp3) is 0.444. The van der Waals surface area contributed by atoms with Crippen LogP contribution in [0.2, 0.25) is 5.02 Å². The molecule has 1 aromatic carbocycles. The van der Waals surface area contributed by atoms with E-state index in [0.717, 1.165) is 42.8 Å². The van der Waals surface area contributed by atoms with Gasteiger partial charge in [-0.25, -0.2) is 4.98 Å². The molecular formula is C18H23ClN4. The zero-order valence-corrected chi connectivity index (χ0v) is 14.3. The minimum atomic E-state index is 0.697. The van der Waals surface area contributed by atoms with E-state index in [-0.39, 0.29) is 0 Å². The molecule has 1 N–H and O–H groups in total. The predicted octanol–water partition coefficient (Wildman–Crippen LogP) is 4.02. The van der Waals surface area contributed by atoms with Crippen LogP contribution in [0.4, 0.5) is 11.8 Å². The summed E-state index contributed by atoms with van der Waals surface area (Å²) in [5.74, 6) is 2.55. The highest BCUT2D eigenvalue weighted by Crippen LogP contribution is 2.21. The first-order valence-electron chi connectivity index (χ1n) is 8.27. The van der Waals surface area contributed by atoms with Crippen LogP contribution in [-0.2, 0) is 6.42 Å². The van der Waals surface area contributed by atoms with Crippen LogP contribution < -0.4 is 10.2 Å². The van der Waals surface area contributed by atoms with Gasteiger partial charge in [-0.2, -0.15) is 4.98 Å². The van der Waals surface area contributed by atoms with Gasteiger partial charge in [0.1, 0.15) is 5.82 Å². The first-order chi connectivity index (χ1) is 11.2. The second-order valence-electron chi connectivity index (χ2n) is 6.21. The molecule has 2 aromatic rings. The summed E-state index contributed by atoms with van der Waals surface area (Å²) in [6.07, 6.45) is 5.21. The Morgan fingerprint density at radius 1 is 1.26 bits per heavy atom. The molecule has 1 saturated heterocycles. The highest BCUT2D eigenvalue weighted by Gasteiger charge is 2.17. The van der Waals surface area contributed by atoms with E-state index < -0.39 is 0 Å². The van der Waals surface area contributed by atoms with Crippen molar-refractivity contribution in [1.82, 2.24) is 9.97 Å². The molecule has 0 saturated carbocycles. The molecule has 122 valence electrons. The van der Waals surface area contributed by atoms with Gasteiger partial charge in [0, 0.05) is 30.9 Å². The van der Waals surface area contributed by atoms with E-state index >= 15 is 0 Å². The normalized spacial score (nSPS) is 15.7. The Balaban J connectivity index is 1.55. The minimum absolute atomic E-state index is 0.697. The van der Waals surface area contributed by atoms with Crippen LogP contribution in [0.15, 0.2) is 36.5 Å². The van der Waals surface area contributed by atoms with E-state index in [1.165, 1.54) is 18.4 Å². The first kappa shape index (κ1) is 16.1. The van der Waals surface area contributed by atoms with Crippen molar-refractivity contribution in [2.75, 3.05) is 29.9 Å². The summed E-state index contributed by atoms with van der Waals surface area (Å²) in [5, 5.41) is 4.09. The molecule has 0 amide bonds.